The SMILES string of the molecule is CCCCC/C=C\C/C=C\CCCCCCCCCCCC(=O)OC(COC(=O)CCCCCCCCCCCCCCC/C=C\CCCCCCCCCC)COC(=O)CCCCCCCCCCCCCCCCCCCC. The molecule has 0 aliphatic rings. The lowest BCUT2D eigenvalue weighted by Crippen LogP contribution is -2.30. The lowest BCUT2D eigenvalue weighted by molar-refractivity contribution is -0.167. The predicted octanol–water partition coefficient (Wildman–Crippen LogP) is 24.7. The molecule has 0 heterocycles. The van der Waals surface area contributed by atoms with Crippen LogP contribution in [0.3, 0.4) is 0 Å². The van der Waals surface area contributed by atoms with E-state index >= 15 is 0 Å². The van der Waals surface area contributed by atoms with Gasteiger partial charge in [0.1, 0.15) is 13.2 Å². The molecular formula is C74H138O6. The van der Waals surface area contributed by atoms with Gasteiger partial charge in [-0.3, -0.25) is 14.4 Å². The molecule has 0 aromatic carbocycles. The van der Waals surface area contributed by atoms with Crippen LogP contribution in [0.5, 0.6) is 0 Å². The number of carbonyl (C=O) groups excluding carboxylic acids is 3. The fraction of sp³-hybridized carbons (Fsp3) is 0.878. The van der Waals surface area contributed by atoms with E-state index in [-0.39, 0.29) is 31.1 Å². The molecule has 1 atom stereocenters. The first-order valence-electron chi connectivity index (χ1n) is 36.0. The van der Waals surface area contributed by atoms with Crippen LogP contribution in [0.15, 0.2) is 36.5 Å². The van der Waals surface area contributed by atoms with E-state index in [0.717, 1.165) is 64.2 Å². The van der Waals surface area contributed by atoms with Crippen LogP contribution in [-0.2, 0) is 28.6 Å². The summed E-state index contributed by atoms with van der Waals surface area (Å²) in [7, 11) is 0. The Morgan fingerprint density at radius 3 is 0.725 bits per heavy atom. The smallest absolute Gasteiger partial charge is 0.306 e. The number of allylic oxidation sites excluding steroid dienone is 6. The Labute approximate surface area is 499 Å². The number of esters is 3. The number of unbranched alkanes of at least 4 members (excludes halogenated alkanes) is 50. The van der Waals surface area contributed by atoms with Gasteiger partial charge in [0.2, 0.25) is 0 Å². The summed E-state index contributed by atoms with van der Waals surface area (Å²) in [5.74, 6) is -0.841. The minimum absolute atomic E-state index is 0.0684. The quantitative estimate of drug-likeness (QED) is 0.0261. The number of ether oxygens (including phenoxy) is 3. The third-order valence-corrected chi connectivity index (χ3v) is 16.4. The van der Waals surface area contributed by atoms with E-state index in [1.165, 1.54) is 295 Å². The fourth-order valence-corrected chi connectivity index (χ4v) is 10.9. The zero-order valence-corrected chi connectivity index (χ0v) is 54.1. The van der Waals surface area contributed by atoms with Crippen molar-refractivity contribution < 1.29 is 28.6 Å². The molecular weight excluding hydrogens is 985 g/mol. The van der Waals surface area contributed by atoms with E-state index in [4.69, 9.17) is 14.2 Å². The van der Waals surface area contributed by atoms with Crippen molar-refractivity contribution in [2.24, 2.45) is 0 Å². The first kappa shape index (κ1) is 77.6. The Balaban J connectivity index is 4.29. The maximum absolute atomic E-state index is 13.0. The molecule has 6 heteroatoms. The van der Waals surface area contributed by atoms with E-state index < -0.39 is 6.10 Å². The van der Waals surface area contributed by atoms with E-state index in [1.807, 2.05) is 0 Å². The Morgan fingerprint density at radius 2 is 0.450 bits per heavy atom. The second-order valence-electron chi connectivity index (χ2n) is 24.5. The monoisotopic (exact) mass is 1120 g/mol. The Hall–Kier alpha value is -2.37. The van der Waals surface area contributed by atoms with Crippen LogP contribution in [0.4, 0.5) is 0 Å². The van der Waals surface area contributed by atoms with Crippen molar-refractivity contribution in [2.45, 2.75) is 406 Å². The second-order valence-corrected chi connectivity index (χ2v) is 24.5. The van der Waals surface area contributed by atoms with Gasteiger partial charge in [-0.2, -0.15) is 0 Å². The summed E-state index contributed by atoms with van der Waals surface area (Å²) in [6, 6.07) is 0. The highest BCUT2D eigenvalue weighted by Crippen LogP contribution is 2.18. The number of hydrogen-bond acceptors (Lipinski definition) is 6. The first-order valence-corrected chi connectivity index (χ1v) is 36.0. The molecule has 0 rings (SSSR count). The maximum atomic E-state index is 13.0. The van der Waals surface area contributed by atoms with Crippen molar-refractivity contribution in [3.63, 3.8) is 0 Å². The van der Waals surface area contributed by atoms with Gasteiger partial charge < -0.3 is 14.2 Å². The van der Waals surface area contributed by atoms with Crippen molar-refractivity contribution in [3.05, 3.63) is 36.5 Å². The molecule has 470 valence electrons. The van der Waals surface area contributed by atoms with Gasteiger partial charge in [-0.05, 0) is 77.0 Å². The maximum Gasteiger partial charge on any atom is 0.306 e. The summed E-state index contributed by atoms with van der Waals surface area (Å²) in [6.07, 6.45) is 86.0. The third-order valence-electron chi connectivity index (χ3n) is 16.4. The summed E-state index contributed by atoms with van der Waals surface area (Å²) in [5.41, 5.74) is 0. The molecule has 1 unspecified atom stereocenters. The van der Waals surface area contributed by atoms with Gasteiger partial charge >= 0.3 is 17.9 Å². The van der Waals surface area contributed by atoms with Crippen molar-refractivity contribution >= 4 is 17.9 Å². The van der Waals surface area contributed by atoms with Crippen LogP contribution in [-0.4, -0.2) is 37.2 Å². The molecule has 6 nitrogen and oxygen atoms in total. The first-order chi connectivity index (χ1) is 39.5. The van der Waals surface area contributed by atoms with Crippen molar-refractivity contribution in [1.82, 2.24) is 0 Å². The highest BCUT2D eigenvalue weighted by Gasteiger charge is 2.19. The van der Waals surface area contributed by atoms with E-state index in [0.29, 0.717) is 19.3 Å². The number of hydrogen-bond donors (Lipinski definition) is 0. The summed E-state index contributed by atoms with van der Waals surface area (Å²) >= 11 is 0. The molecule has 0 aliphatic heterocycles. The van der Waals surface area contributed by atoms with Gasteiger partial charge in [0.15, 0.2) is 6.10 Å². The zero-order chi connectivity index (χ0) is 57.8. The molecule has 0 saturated heterocycles. The van der Waals surface area contributed by atoms with Gasteiger partial charge in [-0.1, -0.05) is 340 Å². The Bertz CT molecular complexity index is 1340. The second kappa shape index (κ2) is 69.1. The molecule has 0 aliphatic carbocycles. The topological polar surface area (TPSA) is 78.9 Å². The zero-order valence-electron chi connectivity index (χ0n) is 54.1. The normalized spacial score (nSPS) is 12.2. The molecule has 80 heavy (non-hydrogen) atoms. The minimum atomic E-state index is -0.773. The lowest BCUT2D eigenvalue weighted by Gasteiger charge is -2.18. The Morgan fingerprint density at radius 1 is 0.250 bits per heavy atom. The van der Waals surface area contributed by atoms with Gasteiger partial charge in [0.05, 0.1) is 0 Å². The molecule has 0 spiro atoms. The lowest BCUT2D eigenvalue weighted by atomic mass is 10.0. The van der Waals surface area contributed by atoms with E-state index in [2.05, 4.69) is 57.2 Å². The van der Waals surface area contributed by atoms with Crippen LogP contribution >= 0.6 is 0 Å². The largest absolute Gasteiger partial charge is 0.462 e. The molecule has 0 N–H and O–H groups in total. The highest BCUT2D eigenvalue weighted by atomic mass is 16.6. The highest BCUT2D eigenvalue weighted by molar-refractivity contribution is 5.71. The molecule has 0 aromatic heterocycles. The van der Waals surface area contributed by atoms with Crippen LogP contribution in [0.2, 0.25) is 0 Å². The van der Waals surface area contributed by atoms with Crippen molar-refractivity contribution in [2.75, 3.05) is 13.2 Å². The van der Waals surface area contributed by atoms with Gasteiger partial charge in [0, 0.05) is 19.3 Å². The third kappa shape index (κ3) is 66.4. The molecule has 0 radical (unpaired) electrons. The summed E-state index contributed by atoms with van der Waals surface area (Å²) in [6.45, 7) is 6.69. The minimum Gasteiger partial charge on any atom is -0.462 e. The Kier molecular flexibility index (Phi) is 67.1. The molecule has 0 fully saturated rings. The summed E-state index contributed by atoms with van der Waals surface area (Å²) in [4.78, 5) is 38.5. The standard InChI is InChI=1S/C74H138O6/c1-4-7-10-13-16-19-22-25-28-31-34-35-36-37-38-39-41-43-46-49-52-55-58-61-64-67-73(76)79-70-71(69-78-72(75)66-63-60-57-54-51-48-45-42-33-30-27-24-21-18-15-12-9-6-3)80-74(77)68-65-62-59-56-53-50-47-44-40-32-29-26-23-20-17-14-11-8-5-2/h17,20,26,29,31,34,71H,4-16,18-19,21-25,27-28,30,32-33,35-70H2,1-3H3/b20-17-,29-26-,34-31-. The number of rotatable bonds is 67. The molecule has 0 bridgehead atoms. The average Bonchev–Trinajstić information content (AvgIpc) is 3.46. The number of carbonyl (C=O) groups is 3. The summed E-state index contributed by atoms with van der Waals surface area (Å²) < 4.78 is 17.0. The predicted molar refractivity (Wildman–Crippen MR) is 349 cm³/mol. The average molecular weight is 1120 g/mol. The van der Waals surface area contributed by atoms with Gasteiger partial charge in [-0.15, -0.1) is 0 Å². The van der Waals surface area contributed by atoms with Crippen LogP contribution in [0.1, 0.15) is 400 Å². The van der Waals surface area contributed by atoms with Crippen LogP contribution in [0.25, 0.3) is 0 Å². The fourth-order valence-electron chi connectivity index (χ4n) is 10.9. The molecule has 0 aromatic rings. The van der Waals surface area contributed by atoms with Crippen molar-refractivity contribution in [1.29, 1.82) is 0 Å². The van der Waals surface area contributed by atoms with E-state index in [9.17, 15) is 14.4 Å². The summed E-state index contributed by atoms with van der Waals surface area (Å²) in [5, 5.41) is 0. The van der Waals surface area contributed by atoms with Crippen LogP contribution in [0, 0.1) is 0 Å². The molecule has 0 saturated carbocycles. The van der Waals surface area contributed by atoms with Gasteiger partial charge in [-0.25, -0.2) is 0 Å². The van der Waals surface area contributed by atoms with Crippen molar-refractivity contribution in [3.8, 4) is 0 Å². The van der Waals surface area contributed by atoms with E-state index in [1.54, 1.807) is 0 Å². The van der Waals surface area contributed by atoms with Crippen LogP contribution < -0.4 is 0 Å². The molecule has 0 amide bonds. The van der Waals surface area contributed by atoms with Gasteiger partial charge in [0.25, 0.3) is 0 Å².